The molecule has 1 N–H and O–H groups in total. The standard InChI is InChI=1S/C10H10ClN3O2/c1-6(9(15)16)4-7-2-3-14-8(11)5-12-10(14)13-7/h2-3,5-6H,4H2,1H3,(H,15,16). The van der Waals surface area contributed by atoms with Crippen LogP contribution in [0.1, 0.15) is 12.6 Å². The Hall–Kier alpha value is -1.62. The first kappa shape index (κ1) is 10.9. The Balaban J connectivity index is 2.29. The lowest BCUT2D eigenvalue weighted by Crippen LogP contribution is -2.13. The van der Waals surface area contributed by atoms with Crippen LogP contribution in [0.25, 0.3) is 5.78 Å². The summed E-state index contributed by atoms with van der Waals surface area (Å²) in [6.07, 6.45) is 3.63. The molecule has 0 fully saturated rings. The fourth-order valence-electron chi connectivity index (χ4n) is 1.39. The summed E-state index contributed by atoms with van der Waals surface area (Å²) in [6, 6.07) is 1.75. The number of rotatable bonds is 3. The summed E-state index contributed by atoms with van der Waals surface area (Å²) in [5.41, 5.74) is 0.699. The second-order valence-electron chi connectivity index (χ2n) is 3.61. The zero-order valence-electron chi connectivity index (χ0n) is 8.59. The molecule has 1 unspecified atom stereocenters. The van der Waals surface area contributed by atoms with Crippen molar-refractivity contribution in [2.75, 3.05) is 0 Å². The lowest BCUT2D eigenvalue weighted by atomic mass is 10.1. The number of imidazole rings is 1. The Bertz CT molecular complexity index is 538. The molecule has 2 rings (SSSR count). The highest BCUT2D eigenvalue weighted by molar-refractivity contribution is 6.29. The first-order valence-corrected chi connectivity index (χ1v) is 5.17. The highest BCUT2D eigenvalue weighted by atomic mass is 35.5. The van der Waals surface area contributed by atoms with Gasteiger partial charge in [0.15, 0.2) is 0 Å². The quantitative estimate of drug-likeness (QED) is 0.884. The van der Waals surface area contributed by atoms with Crippen LogP contribution in [0, 0.1) is 5.92 Å². The Morgan fingerprint density at radius 3 is 3.12 bits per heavy atom. The number of carboxylic acid groups (broad SMARTS) is 1. The van der Waals surface area contributed by atoms with Crippen LogP contribution in [0.3, 0.4) is 0 Å². The molecule has 0 saturated heterocycles. The summed E-state index contributed by atoms with van der Waals surface area (Å²) in [6.45, 7) is 1.65. The molecular weight excluding hydrogens is 230 g/mol. The van der Waals surface area contributed by atoms with E-state index in [0.29, 0.717) is 23.0 Å². The Morgan fingerprint density at radius 2 is 2.44 bits per heavy atom. The van der Waals surface area contributed by atoms with Crippen molar-refractivity contribution in [3.05, 3.63) is 29.3 Å². The second kappa shape index (κ2) is 4.09. The van der Waals surface area contributed by atoms with E-state index >= 15 is 0 Å². The van der Waals surface area contributed by atoms with Crippen molar-refractivity contribution in [1.82, 2.24) is 14.4 Å². The van der Waals surface area contributed by atoms with Crippen LogP contribution in [-0.2, 0) is 11.2 Å². The molecule has 1 atom stereocenters. The minimum absolute atomic E-state index is 0.385. The van der Waals surface area contributed by atoms with Gasteiger partial charge in [-0.3, -0.25) is 9.20 Å². The first-order chi connectivity index (χ1) is 7.58. The molecule has 0 bridgehead atoms. The molecule has 0 amide bonds. The fraction of sp³-hybridized carbons (Fsp3) is 0.300. The normalized spacial score (nSPS) is 12.9. The summed E-state index contributed by atoms with van der Waals surface area (Å²) in [5, 5.41) is 9.28. The lowest BCUT2D eigenvalue weighted by molar-refractivity contribution is -0.141. The van der Waals surface area contributed by atoms with Crippen LogP contribution >= 0.6 is 11.6 Å². The number of hydrogen-bond acceptors (Lipinski definition) is 3. The van der Waals surface area contributed by atoms with E-state index in [1.54, 1.807) is 23.6 Å². The van der Waals surface area contributed by atoms with Gasteiger partial charge in [0.2, 0.25) is 5.78 Å². The average Bonchev–Trinajstić information content (AvgIpc) is 2.60. The number of hydrogen-bond donors (Lipinski definition) is 1. The van der Waals surface area contributed by atoms with Gasteiger partial charge in [-0.15, -0.1) is 0 Å². The molecule has 2 aromatic rings. The van der Waals surface area contributed by atoms with Crippen molar-refractivity contribution in [3.63, 3.8) is 0 Å². The zero-order chi connectivity index (χ0) is 11.7. The fourth-order valence-corrected chi connectivity index (χ4v) is 1.57. The SMILES string of the molecule is CC(Cc1ccn2c(Cl)cnc2n1)C(=O)O. The highest BCUT2D eigenvalue weighted by Gasteiger charge is 2.13. The van der Waals surface area contributed by atoms with Gasteiger partial charge in [-0.2, -0.15) is 0 Å². The van der Waals surface area contributed by atoms with Gasteiger partial charge in [-0.05, 0) is 6.07 Å². The third-order valence-corrected chi connectivity index (χ3v) is 2.61. The van der Waals surface area contributed by atoms with Gasteiger partial charge < -0.3 is 5.11 Å². The van der Waals surface area contributed by atoms with Gasteiger partial charge in [0.05, 0.1) is 12.1 Å². The lowest BCUT2D eigenvalue weighted by Gasteiger charge is -2.05. The summed E-state index contributed by atoms with van der Waals surface area (Å²) >= 11 is 5.85. The summed E-state index contributed by atoms with van der Waals surface area (Å²) in [5.74, 6) is -0.802. The number of carboxylic acids is 1. The molecule has 5 nitrogen and oxygen atoms in total. The van der Waals surface area contributed by atoms with E-state index in [4.69, 9.17) is 16.7 Å². The van der Waals surface area contributed by atoms with Gasteiger partial charge >= 0.3 is 5.97 Å². The van der Waals surface area contributed by atoms with Gasteiger partial charge in [0.25, 0.3) is 0 Å². The maximum absolute atomic E-state index is 10.7. The van der Waals surface area contributed by atoms with Crippen molar-refractivity contribution >= 4 is 23.3 Å². The second-order valence-corrected chi connectivity index (χ2v) is 4.00. The molecule has 0 aliphatic rings. The third kappa shape index (κ3) is 1.99. The van der Waals surface area contributed by atoms with Crippen molar-refractivity contribution in [2.24, 2.45) is 5.92 Å². The summed E-state index contributed by atoms with van der Waals surface area (Å²) in [4.78, 5) is 18.9. The molecule has 0 saturated carbocycles. The molecule has 0 aliphatic carbocycles. The van der Waals surface area contributed by atoms with E-state index in [2.05, 4.69) is 9.97 Å². The minimum atomic E-state index is -0.831. The van der Waals surface area contributed by atoms with Crippen LogP contribution in [0.5, 0.6) is 0 Å². The molecule has 84 valence electrons. The van der Waals surface area contributed by atoms with E-state index in [0.717, 1.165) is 0 Å². The van der Waals surface area contributed by atoms with Crippen LogP contribution in [0.2, 0.25) is 5.15 Å². The van der Waals surface area contributed by atoms with E-state index in [1.807, 2.05) is 0 Å². The van der Waals surface area contributed by atoms with E-state index < -0.39 is 11.9 Å². The topological polar surface area (TPSA) is 67.5 Å². The van der Waals surface area contributed by atoms with Crippen molar-refractivity contribution in [2.45, 2.75) is 13.3 Å². The highest BCUT2D eigenvalue weighted by Crippen LogP contribution is 2.12. The summed E-state index contributed by atoms with van der Waals surface area (Å²) in [7, 11) is 0. The molecule has 0 spiro atoms. The average molecular weight is 240 g/mol. The Kier molecular flexibility index (Phi) is 2.78. The molecule has 16 heavy (non-hydrogen) atoms. The summed E-state index contributed by atoms with van der Waals surface area (Å²) < 4.78 is 1.64. The first-order valence-electron chi connectivity index (χ1n) is 4.79. The van der Waals surface area contributed by atoms with E-state index in [1.165, 1.54) is 6.20 Å². The molecule has 0 aromatic carbocycles. The van der Waals surface area contributed by atoms with Crippen LogP contribution in [0.4, 0.5) is 0 Å². The van der Waals surface area contributed by atoms with Crippen LogP contribution < -0.4 is 0 Å². The van der Waals surface area contributed by atoms with Crippen molar-refractivity contribution in [1.29, 1.82) is 0 Å². The number of aromatic nitrogens is 3. The van der Waals surface area contributed by atoms with E-state index in [9.17, 15) is 4.79 Å². The number of carbonyl (C=O) groups is 1. The minimum Gasteiger partial charge on any atom is -0.481 e. The molecule has 2 aromatic heterocycles. The zero-order valence-corrected chi connectivity index (χ0v) is 9.35. The number of fused-ring (bicyclic) bond motifs is 1. The molecule has 6 heteroatoms. The Labute approximate surface area is 96.7 Å². The van der Waals surface area contributed by atoms with E-state index in [-0.39, 0.29) is 0 Å². The van der Waals surface area contributed by atoms with Gasteiger partial charge in [0, 0.05) is 18.3 Å². The van der Waals surface area contributed by atoms with Gasteiger partial charge in [0.1, 0.15) is 5.15 Å². The number of nitrogens with zero attached hydrogens (tertiary/aromatic N) is 3. The monoisotopic (exact) mass is 239 g/mol. The van der Waals surface area contributed by atoms with Crippen LogP contribution in [0.15, 0.2) is 18.5 Å². The van der Waals surface area contributed by atoms with Crippen molar-refractivity contribution < 1.29 is 9.90 Å². The maximum atomic E-state index is 10.7. The molecule has 0 aliphatic heterocycles. The maximum Gasteiger partial charge on any atom is 0.306 e. The smallest absolute Gasteiger partial charge is 0.306 e. The molecule has 2 heterocycles. The van der Waals surface area contributed by atoms with Crippen LogP contribution in [-0.4, -0.2) is 25.4 Å². The third-order valence-electron chi connectivity index (χ3n) is 2.33. The number of aliphatic carboxylic acids is 1. The Morgan fingerprint density at radius 1 is 1.69 bits per heavy atom. The van der Waals surface area contributed by atoms with Gasteiger partial charge in [-0.25, -0.2) is 9.97 Å². The molecule has 0 radical (unpaired) electrons. The predicted molar refractivity (Wildman–Crippen MR) is 58.5 cm³/mol. The predicted octanol–water partition coefficient (Wildman–Crippen LogP) is 1.65. The molecular formula is C10H10ClN3O2. The van der Waals surface area contributed by atoms with Gasteiger partial charge in [-0.1, -0.05) is 18.5 Å². The largest absolute Gasteiger partial charge is 0.481 e. The van der Waals surface area contributed by atoms with Crippen molar-refractivity contribution in [3.8, 4) is 0 Å². The number of halogens is 1.